The Hall–Kier alpha value is -1.61. The molecular formula is C16H19O4P. The van der Waals surface area contributed by atoms with Crippen LogP contribution in [-0.2, 0) is 19.2 Å². The SMILES string of the molecule is COP(=O)(Oc1ccccc1)OC(C)(C)c1ccccc1. The molecule has 4 nitrogen and oxygen atoms in total. The molecule has 0 saturated carbocycles. The monoisotopic (exact) mass is 306 g/mol. The lowest BCUT2D eigenvalue weighted by Gasteiger charge is -2.29. The first-order chi connectivity index (χ1) is 9.95. The number of phosphoric acid groups is 1. The lowest BCUT2D eigenvalue weighted by molar-refractivity contribution is 0.0583. The van der Waals surface area contributed by atoms with Gasteiger partial charge in [-0.2, -0.15) is 0 Å². The van der Waals surface area contributed by atoms with Crippen molar-refractivity contribution in [3.8, 4) is 5.75 Å². The summed E-state index contributed by atoms with van der Waals surface area (Å²) in [5.41, 5.74) is 0.0839. The van der Waals surface area contributed by atoms with Gasteiger partial charge in [0.15, 0.2) is 0 Å². The van der Waals surface area contributed by atoms with Crippen molar-refractivity contribution in [3.05, 3.63) is 66.2 Å². The first kappa shape index (κ1) is 15.8. The third-order valence-electron chi connectivity index (χ3n) is 2.99. The fraction of sp³-hybridized carbons (Fsp3) is 0.250. The van der Waals surface area contributed by atoms with Crippen molar-refractivity contribution in [3.63, 3.8) is 0 Å². The van der Waals surface area contributed by atoms with E-state index in [4.69, 9.17) is 13.6 Å². The smallest absolute Gasteiger partial charge is 0.404 e. The Balaban J connectivity index is 2.20. The first-order valence-electron chi connectivity index (χ1n) is 6.62. The molecule has 2 aromatic rings. The quantitative estimate of drug-likeness (QED) is 0.721. The lowest BCUT2D eigenvalue weighted by Crippen LogP contribution is -2.21. The third-order valence-corrected chi connectivity index (χ3v) is 4.55. The molecule has 0 amide bonds. The summed E-state index contributed by atoms with van der Waals surface area (Å²) in [6.45, 7) is 3.64. The van der Waals surface area contributed by atoms with E-state index in [1.807, 2.05) is 50.2 Å². The van der Waals surface area contributed by atoms with Gasteiger partial charge in [-0.05, 0) is 31.5 Å². The van der Waals surface area contributed by atoms with Crippen LogP contribution in [0.25, 0.3) is 0 Å². The number of rotatable bonds is 6. The van der Waals surface area contributed by atoms with Crippen molar-refractivity contribution in [2.75, 3.05) is 7.11 Å². The maximum absolute atomic E-state index is 12.7. The Morgan fingerprint density at radius 3 is 1.95 bits per heavy atom. The molecule has 0 spiro atoms. The highest BCUT2D eigenvalue weighted by Gasteiger charge is 2.36. The minimum atomic E-state index is -3.71. The van der Waals surface area contributed by atoms with Crippen molar-refractivity contribution >= 4 is 7.82 Å². The molecule has 0 heterocycles. The molecule has 21 heavy (non-hydrogen) atoms. The van der Waals surface area contributed by atoms with Crippen LogP contribution in [0.1, 0.15) is 19.4 Å². The van der Waals surface area contributed by atoms with Gasteiger partial charge in [-0.15, -0.1) is 0 Å². The lowest BCUT2D eigenvalue weighted by atomic mass is 9.99. The van der Waals surface area contributed by atoms with E-state index < -0.39 is 13.4 Å². The van der Waals surface area contributed by atoms with E-state index in [1.54, 1.807) is 24.3 Å². The van der Waals surface area contributed by atoms with Crippen molar-refractivity contribution in [2.45, 2.75) is 19.4 Å². The Morgan fingerprint density at radius 2 is 1.43 bits per heavy atom. The number of phosphoric ester groups is 1. The van der Waals surface area contributed by atoms with Crippen molar-refractivity contribution < 1.29 is 18.1 Å². The Labute approximate surface area is 125 Å². The van der Waals surface area contributed by atoms with Gasteiger partial charge in [0.1, 0.15) is 11.4 Å². The molecule has 1 unspecified atom stereocenters. The van der Waals surface area contributed by atoms with Crippen LogP contribution in [0.3, 0.4) is 0 Å². The van der Waals surface area contributed by atoms with Gasteiger partial charge in [-0.1, -0.05) is 48.5 Å². The molecule has 0 aliphatic carbocycles. The topological polar surface area (TPSA) is 44.8 Å². The number of benzene rings is 2. The molecule has 0 saturated heterocycles. The Bertz CT molecular complexity index is 611. The zero-order chi connectivity index (χ0) is 15.3. The molecule has 0 N–H and O–H groups in total. The van der Waals surface area contributed by atoms with E-state index in [0.717, 1.165) is 5.56 Å². The van der Waals surface area contributed by atoms with Crippen molar-refractivity contribution in [2.24, 2.45) is 0 Å². The predicted octanol–water partition coefficient (Wildman–Crippen LogP) is 4.77. The van der Waals surface area contributed by atoms with Gasteiger partial charge >= 0.3 is 7.82 Å². The van der Waals surface area contributed by atoms with E-state index in [-0.39, 0.29) is 0 Å². The summed E-state index contributed by atoms with van der Waals surface area (Å²) in [5, 5.41) is 0. The summed E-state index contributed by atoms with van der Waals surface area (Å²) >= 11 is 0. The van der Waals surface area contributed by atoms with Crippen LogP contribution in [0.15, 0.2) is 60.7 Å². The fourth-order valence-corrected chi connectivity index (χ4v) is 3.11. The van der Waals surface area contributed by atoms with Crippen molar-refractivity contribution in [1.29, 1.82) is 0 Å². The molecule has 0 bridgehead atoms. The number of hydrogen-bond acceptors (Lipinski definition) is 4. The molecule has 2 aromatic carbocycles. The van der Waals surface area contributed by atoms with Gasteiger partial charge < -0.3 is 4.52 Å². The van der Waals surface area contributed by atoms with E-state index in [2.05, 4.69) is 0 Å². The van der Waals surface area contributed by atoms with E-state index in [0.29, 0.717) is 5.75 Å². The highest BCUT2D eigenvalue weighted by atomic mass is 31.2. The maximum Gasteiger partial charge on any atom is 0.530 e. The van der Waals surface area contributed by atoms with E-state index in [9.17, 15) is 4.57 Å². The van der Waals surface area contributed by atoms with Gasteiger partial charge in [-0.3, -0.25) is 9.05 Å². The molecule has 0 aliphatic rings. The van der Waals surface area contributed by atoms with Gasteiger partial charge in [0.2, 0.25) is 0 Å². The predicted molar refractivity (Wildman–Crippen MR) is 82.2 cm³/mol. The van der Waals surface area contributed by atoms with Crippen LogP contribution < -0.4 is 4.52 Å². The van der Waals surface area contributed by atoms with Crippen LogP contribution in [0.5, 0.6) is 5.75 Å². The van der Waals surface area contributed by atoms with Crippen LogP contribution in [0.4, 0.5) is 0 Å². The van der Waals surface area contributed by atoms with Gasteiger partial charge in [-0.25, -0.2) is 4.57 Å². The van der Waals surface area contributed by atoms with E-state index in [1.165, 1.54) is 7.11 Å². The highest BCUT2D eigenvalue weighted by Crippen LogP contribution is 2.53. The standard InChI is InChI=1S/C16H19O4P/c1-16(2,14-10-6-4-7-11-14)20-21(17,18-3)19-15-12-8-5-9-13-15/h4-13H,1-3H3. The Morgan fingerprint density at radius 1 is 0.905 bits per heavy atom. The van der Waals surface area contributed by atoms with Gasteiger partial charge in [0.25, 0.3) is 0 Å². The van der Waals surface area contributed by atoms with Gasteiger partial charge in [0, 0.05) is 7.11 Å². The fourth-order valence-electron chi connectivity index (χ4n) is 1.88. The molecule has 0 aliphatic heterocycles. The summed E-state index contributed by atoms with van der Waals surface area (Å²) in [6.07, 6.45) is 0. The molecule has 0 radical (unpaired) electrons. The second kappa shape index (κ2) is 6.44. The van der Waals surface area contributed by atoms with Crippen LogP contribution >= 0.6 is 7.82 Å². The van der Waals surface area contributed by atoms with Crippen LogP contribution in [-0.4, -0.2) is 7.11 Å². The minimum Gasteiger partial charge on any atom is -0.404 e. The molecule has 2 rings (SSSR count). The molecule has 112 valence electrons. The molecule has 0 aromatic heterocycles. The van der Waals surface area contributed by atoms with Gasteiger partial charge in [0.05, 0.1) is 0 Å². The molecular weight excluding hydrogens is 287 g/mol. The second-order valence-corrected chi connectivity index (χ2v) is 6.63. The summed E-state index contributed by atoms with van der Waals surface area (Å²) in [7, 11) is -2.40. The second-order valence-electron chi connectivity index (χ2n) is 5.00. The minimum absolute atomic E-state index is 0.437. The summed E-state index contributed by atoms with van der Waals surface area (Å²) in [5.74, 6) is 0.437. The average molecular weight is 306 g/mol. The third kappa shape index (κ3) is 4.18. The summed E-state index contributed by atoms with van der Waals surface area (Å²) in [6, 6.07) is 18.3. The number of para-hydroxylation sites is 1. The first-order valence-corrected chi connectivity index (χ1v) is 8.08. The van der Waals surface area contributed by atoms with E-state index >= 15 is 0 Å². The van der Waals surface area contributed by atoms with Crippen LogP contribution in [0.2, 0.25) is 0 Å². The normalized spacial score (nSPS) is 14.4. The zero-order valence-electron chi connectivity index (χ0n) is 12.4. The average Bonchev–Trinajstić information content (AvgIpc) is 2.48. The summed E-state index contributed by atoms with van der Waals surface area (Å²) in [4.78, 5) is 0. The van der Waals surface area contributed by atoms with Crippen molar-refractivity contribution in [1.82, 2.24) is 0 Å². The number of hydrogen-bond donors (Lipinski definition) is 0. The van der Waals surface area contributed by atoms with Crippen LogP contribution in [0, 0.1) is 0 Å². The molecule has 0 fully saturated rings. The largest absolute Gasteiger partial charge is 0.530 e. The maximum atomic E-state index is 12.7. The summed E-state index contributed by atoms with van der Waals surface area (Å²) < 4.78 is 28.8. The zero-order valence-corrected chi connectivity index (χ0v) is 13.2. The molecule has 1 atom stereocenters. The molecule has 5 heteroatoms. The Kier molecular flexibility index (Phi) is 4.84. The highest BCUT2D eigenvalue weighted by molar-refractivity contribution is 7.48.